The lowest BCUT2D eigenvalue weighted by Crippen LogP contribution is -2.49. The number of nitrogens with zero attached hydrogens (tertiary/aromatic N) is 6. The Kier molecular flexibility index (Phi) is 6.39. The molecule has 3 aromatic rings. The topological polar surface area (TPSA) is 38.2 Å². The third-order valence-corrected chi connectivity index (χ3v) is 7.97. The third-order valence-electron chi connectivity index (χ3n) is 7.97. The van der Waals surface area contributed by atoms with Crippen LogP contribution in [0.1, 0.15) is 11.1 Å². The van der Waals surface area contributed by atoms with Crippen molar-refractivity contribution in [2.45, 2.75) is 6.67 Å². The van der Waals surface area contributed by atoms with Crippen LogP contribution in [-0.4, -0.2) is 103 Å². The summed E-state index contributed by atoms with van der Waals surface area (Å²) in [6, 6.07) is 16.8. The maximum absolute atomic E-state index is 13.8. The summed E-state index contributed by atoms with van der Waals surface area (Å²) in [4.78, 5) is 25.4. The summed E-state index contributed by atoms with van der Waals surface area (Å²) in [5, 5.41) is 1.20. The minimum absolute atomic E-state index is 0.103. The van der Waals surface area contributed by atoms with E-state index in [0.29, 0.717) is 6.67 Å². The van der Waals surface area contributed by atoms with E-state index in [4.69, 9.17) is 0 Å². The lowest BCUT2D eigenvalue weighted by molar-refractivity contribution is -0.113. The average Bonchev–Trinajstić information content (AvgIpc) is 3.37. The Morgan fingerprint density at radius 3 is 2.08 bits per heavy atom. The van der Waals surface area contributed by atoms with Crippen molar-refractivity contribution < 1.29 is 4.79 Å². The first-order chi connectivity index (χ1) is 17.6. The van der Waals surface area contributed by atoms with Crippen molar-refractivity contribution in [2.75, 3.05) is 78.0 Å². The number of para-hydroxylation sites is 2. The van der Waals surface area contributed by atoms with Crippen molar-refractivity contribution in [2.24, 2.45) is 0 Å². The highest BCUT2D eigenvalue weighted by atomic mass is 16.2. The smallest absolute Gasteiger partial charge is 0.260 e. The zero-order valence-electron chi connectivity index (χ0n) is 21.4. The SMILES string of the molecule is CN1CCN(CN2C(=O)/C(=C/c3cn(CN4CCN(C)CC4)c4ccccc34)c3ccccc32)CC1. The summed E-state index contributed by atoms with van der Waals surface area (Å²) < 4.78 is 2.35. The molecule has 1 amide bonds. The summed E-state index contributed by atoms with van der Waals surface area (Å²) >= 11 is 0. The fourth-order valence-corrected chi connectivity index (χ4v) is 5.64. The molecule has 2 aromatic carbocycles. The molecule has 7 heteroatoms. The van der Waals surface area contributed by atoms with Crippen LogP contribution in [0.15, 0.2) is 54.7 Å². The molecule has 0 unspecified atom stereocenters. The highest BCUT2D eigenvalue weighted by Gasteiger charge is 2.33. The van der Waals surface area contributed by atoms with Gasteiger partial charge in [0.15, 0.2) is 0 Å². The van der Waals surface area contributed by atoms with Gasteiger partial charge in [-0.25, -0.2) is 0 Å². The second kappa shape index (κ2) is 9.82. The Labute approximate surface area is 213 Å². The normalized spacial score (nSPS) is 21.7. The number of hydrogen-bond donors (Lipinski definition) is 0. The maximum atomic E-state index is 13.8. The standard InChI is InChI=1S/C29H36N6O/c1-30-11-15-32(16-12-30)21-34-20-23(24-7-3-5-9-27(24)34)19-26-25-8-4-6-10-28(25)35(29(26)36)22-33-17-13-31(2)14-18-33/h3-10,19-20H,11-18,21-22H2,1-2H3/b26-19+. The fourth-order valence-electron chi connectivity index (χ4n) is 5.64. The van der Waals surface area contributed by atoms with Crippen LogP contribution in [0.4, 0.5) is 5.69 Å². The number of benzene rings is 2. The van der Waals surface area contributed by atoms with Gasteiger partial charge in [0, 0.05) is 86.2 Å². The van der Waals surface area contributed by atoms with E-state index < -0.39 is 0 Å². The third kappa shape index (κ3) is 4.48. The first kappa shape index (κ1) is 23.4. The van der Waals surface area contributed by atoms with E-state index in [9.17, 15) is 4.79 Å². The molecule has 0 radical (unpaired) electrons. The molecule has 0 bridgehead atoms. The van der Waals surface area contributed by atoms with Crippen LogP contribution in [0.3, 0.4) is 0 Å². The van der Waals surface area contributed by atoms with E-state index in [1.807, 2.05) is 17.0 Å². The molecule has 4 heterocycles. The van der Waals surface area contributed by atoms with Crippen LogP contribution in [0, 0.1) is 0 Å². The summed E-state index contributed by atoms with van der Waals surface area (Å²) in [5.74, 6) is 0.103. The molecule has 0 aliphatic carbocycles. The average molecular weight is 485 g/mol. The van der Waals surface area contributed by atoms with Crippen molar-refractivity contribution in [3.8, 4) is 0 Å². The number of amides is 1. The highest BCUT2D eigenvalue weighted by Crippen LogP contribution is 2.38. The monoisotopic (exact) mass is 484 g/mol. The van der Waals surface area contributed by atoms with Crippen molar-refractivity contribution in [3.63, 3.8) is 0 Å². The van der Waals surface area contributed by atoms with Crippen molar-refractivity contribution in [3.05, 3.63) is 65.9 Å². The minimum Gasteiger partial charge on any atom is -0.333 e. The molecule has 0 saturated carbocycles. The van der Waals surface area contributed by atoms with E-state index in [1.54, 1.807) is 0 Å². The summed E-state index contributed by atoms with van der Waals surface area (Å²) in [6.45, 7) is 9.93. The number of carbonyl (C=O) groups is 1. The Bertz CT molecular complexity index is 1280. The number of likely N-dealkylation sites (N-methyl/N-ethyl adjacent to an activating group) is 2. The summed E-state index contributed by atoms with van der Waals surface area (Å²) in [7, 11) is 4.35. The number of rotatable bonds is 5. The first-order valence-corrected chi connectivity index (χ1v) is 13.1. The second-order valence-electron chi connectivity index (χ2n) is 10.5. The van der Waals surface area contributed by atoms with Crippen LogP contribution in [0.2, 0.25) is 0 Å². The molecule has 6 rings (SSSR count). The predicted molar refractivity (Wildman–Crippen MR) is 147 cm³/mol. The maximum Gasteiger partial charge on any atom is 0.260 e. The van der Waals surface area contributed by atoms with Gasteiger partial charge in [-0.1, -0.05) is 36.4 Å². The quantitative estimate of drug-likeness (QED) is 0.521. The Hall–Kier alpha value is -2.97. The zero-order chi connectivity index (χ0) is 24.6. The van der Waals surface area contributed by atoms with Gasteiger partial charge in [-0.2, -0.15) is 0 Å². The number of fused-ring (bicyclic) bond motifs is 2. The van der Waals surface area contributed by atoms with Crippen LogP contribution in [-0.2, 0) is 11.5 Å². The van der Waals surface area contributed by atoms with Gasteiger partial charge in [-0.3, -0.25) is 19.5 Å². The molecule has 1 aromatic heterocycles. The highest BCUT2D eigenvalue weighted by molar-refractivity contribution is 6.36. The van der Waals surface area contributed by atoms with E-state index in [2.05, 4.69) is 86.9 Å². The largest absolute Gasteiger partial charge is 0.333 e. The predicted octanol–water partition coefficient (Wildman–Crippen LogP) is 2.94. The van der Waals surface area contributed by atoms with Gasteiger partial charge in [-0.05, 0) is 32.3 Å². The van der Waals surface area contributed by atoms with Crippen LogP contribution in [0.25, 0.3) is 22.6 Å². The number of piperazine rings is 2. The molecule has 188 valence electrons. The molecule has 0 N–H and O–H groups in total. The van der Waals surface area contributed by atoms with Gasteiger partial charge in [0.1, 0.15) is 0 Å². The van der Waals surface area contributed by atoms with E-state index in [-0.39, 0.29) is 5.91 Å². The van der Waals surface area contributed by atoms with Gasteiger partial charge >= 0.3 is 0 Å². The second-order valence-corrected chi connectivity index (χ2v) is 10.5. The molecule has 7 nitrogen and oxygen atoms in total. The molecular formula is C29H36N6O. The minimum atomic E-state index is 0.103. The Balaban J connectivity index is 1.32. The molecule has 3 aliphatic rings. The summed E-state index contributed by atoms with van der Waals surface area (Å²) in [6.07, 6.45) is 4.35. The van der Waals surface area contributed by atoms with Gasteiger partial charge < -0.3 is 14.4 Å². The molecular weight excluding hydrogens is 448 g/mol. The molecule has 2 saturated heterocycles. The van der Waals surface area contributed by atoms with E-state index in [1.165, 1.54) is 10.9 Å². The first-order valence-electron chi connectivity index (χ1n) is 13.1. The van der Waals surface area contributed by atoms with Gasteiger partial charge in [0.2, 0.25) is 0 Å². The zero-order valence-corrected chi connectivity index (χ0v) is 21.4. The van der Waals surface area contributed by atoms with Gasteiger partial charge in [0.05, 0.1) is 19.0 Å². The Morgan fingerprint density at radius 1 is 0.750 bits per heavy atom. The molecule has 0 spiro atoms. The van der Waals surface area contributed by atoms with Gasteiger partial charge in [-0.15, -0.1) is 0 Å². The van der Waals surface area contributed by atoms with Crippen LogP contribution >= 0.6 is 0 Å². The van der Waals surface area contributed by atoms with Gasteiger partial charge in [0.25, 0.3) is 5.91 Å². The van der Waals surface area contributed by atoms with Crippen molar-refractivity contribution in [1.82, 2.24) is 24.2 Å². The molecule has 2 fully saturated rings. The van der Waals surface area contributed by atoms with E-state index >= 15 is 0 Å². The molecule has 0 atom stereocenters. The van der Waals surface area contributed by atoms with Crippen LogP contribution in [0.5, 0.6) is 0 Å². The van der Waals surface area contributed by atoms with Crippen molar-refractivity contribution >= 4 is 34.1 Å². The van der Waals surface area contributed by atoms with Crippen LogP contribution < -0.4 is 4.90 Å². The molecule has 36 heavy (non-hydrogen) atoms. The van der Waals surface area contributed by atoms with Crippen molar-refractivity contribution in [1.29, 1.82) is 0 Å². The molecule has 3 aliphatic heterocycles. The fraction of sp³-hybridized carbons (Fsp3) is 0.414. The number of anilines is 1. The number of hydrogen-bond acceptors (Lipinski definition) is 5. The van der Waals surface area contributed by atoms with E-state index in [0.717, 1.165) is 81.4 Å². The lowest BCUT2D eigenvalue weighted by atomic mass is 10.0. The lowest BCUT2D eigenvalue weighted by Gasteiger charge is -2.34. The number of aromatic nitrogens is 1. The number of carbonyl (C=O) groups excluding carboxylic acids is 1. The Morgan fingerprint density at radius 2 is 1.36 bits per heavy atom. The summed E-state index contributed by atoms with van der Waals surface area (Å²) in [5.41, 5.74) is 5.18.